The highest BCUT2D eigenvalue weighted by Crippen LogP contribution is 2.23. The Morgan fingerprint density at radius 3 is 2.56 bits per heavy atom. The van der Waals surface area contributed by atoms with E-state index in [-0.39, 0.29) is 29.0 Å². The van der Waals surface area contributed by atoms with Crippen molar-refractivity contribution >= 4 is 29.1 Å². The summed E-state index contributed by atoms with van der Waals surface area (Å²) in [7, 11) is 0. The summed E-state index contributed by atoms with van der Waals surface area (Å²) in [5, 5.41) is 2.74. The summed E-state index contributed by atoms with van der Waals surface area (Å²) in [5.41, 5.74) is 1.08. The first kappa shape index (κ1) is 17.0. The zero-order valence-electron chi connectivity index (χ0n) is 13.1. The molecule has 0 radical (unpaired) electrons. The number of amides is 1. The molecular weight excluding hydrogens is 341 g/mol. The van der Waals surface area contributed by atoms with Crippen molar-refractivity contribution in [1.29, 1.82) is 0 Å². The minimum absolute atomic E-state index is 0.0879. The number of halogens is 1. The summed E-state index contributed by atoms with van der Waals surface area (Å²) in [5.74, 6) is -0.348. The summed E-state index contributed by atoms with van der Waals surface area (Å²) in [6.45, 7) is 0. The molecule has 4 nitrogen and oxygen atoms in total. The molecule has 0 fully saturated rings. The summed E-state index contributed by atoms with van der Waals surface area (Å²) in [4.78, 5) is 24.9. The van der Waals surface area contributed by atoms with Crippen LogP contribution in [0, 0.1) is 5.82 Å². The Kier molecular flexibility index (Phi) is 5.30. The smallest absolute Gasteiger partial charge is 0.291 e. The monoisotopic (exact) mass is 355 g/mol. The first-order chi connectivity index (χ1) is 12.1. The summed E-state index contributed by atoms with van der Waals surface area (Å²) in [6.07, 6.45) is 1.43. The number of hydrogen-bond donors (Lipinski definition) is 1. The van der Waals surface area contributed by atoms with Gasteiger partial charge in [-0.3, -0.25) is 9.59 Å². The zero-order chi connectivity index (χ0) is 17.6. The van der Waals surface area contributed by atoms with Crippen LogP contribution in [-0.2, 0) is 0 Å². The molecule has 25 heavy (non-hydrogen) atoms. The molecule has 1 aromatic heterocycles. The lowest BCUT2D eigenvalue weighted by Crippen LogP contribution is -2.10. The Morgan fingerprint density at radius 1 is 1.04 bits per heavy atom. The van der Waals surface area contributed by atoms with Gasteiger partial charge in [0.15, 0.2) is 11.5 Å². The van der Waals surface area contributed by atoms with Gasteiger partial charge in [0.05, 0.1) is 12.0 Å². The first-order valence-corrected chi connectivity index (χ1v) is 8.47. The van der Waals surface area contributed by atoms with Crippen molar-refractivity contribution in [2.45, 2.75) is 4.90 Å². The molecule has 0 unspecified atom stereocenters. The van der Waals surface area contributed by atoms with Crippen LogP contribution in [0.25, 0.3) is 0 Å². The highest BCUT2D eigenvalue weighted by atomic mass is 32.2. The van der Waals surface area contributed by atoms with Gasteiger partial charge in [-0.25, -0.2) is 4.39 Å². The van der Waals surface area contributed by atoms with E-state index in [0.717, 1.165) is 4.90 Å². The van der Waals surface area contributed by atoms with Crippen LogP contribution < -0.4 is 5.32 Å². The van der Waals surface area contributed by atoms with Gasteiger partial charge in [-0.05, 0) is 54.6 Å². The molecule has 0 atom stereocenters. The van der Waals surface area contributed by atoms with Crippen molar-refractivity contribution in [3.63, 3.8) is 0 Å². The fourth-order valence-corrected chi connectivity index (χ4v) is 2.98. The van der Waals surface area contributed by atoms with Crippen LogP contribution in [0.4, 0.5) is 10.1 Å². The van der Waals surface area contributed by atoms with Crippen LogP contribution in [0.3, 0.4) is 0 Å². The lowest BCUT2D eigenvalue weighted by molar-refractivity contribution is 0.0994. The number of ketones is 1. The number of Topliss-reactive ketones (excluding diaryl/α,β-unsaturated/α-hetero) is 1. The quantitative estimate of drug-likeness (QED) is 0.517. The van der Waals surface area contributed by atoms with Gasteiger partial charge in [0.25, 0.3) is 5.91 Å². The van der Waals surface area contributed by atoms with E-state index in [1.807, 2.05) is 6.07 Å². The standard InChI is InChI=1S/C19H14FNO3S/c20-14-8-6-13(7-9-14)17(22)12-25-16-4-1-3-15(11-16)21-19(23)18-5-2-10-24-18/h1-11H,12H2,(H,21,23). The topological polar surface area (TPSA) is 59.3 Å². The maximum Gasteiger partial charge on any atom is 0.291 e. The highest BCUT2D eigenvalue weighted by molar-refractivity contribution is 8.00. The maximum absolute atomic E-state index is 12.9. The van der Waals surface area contributed by atoms with E-state index in [0.29, 0.717) is 11.3 Å². The number of carbonyl (C=O) groups is 2. The van der Waals surface area contributed by atoms with Crippen molar-refractivity contribution in [2.75, 3.05) is 11.1 Å². The van der Waals surface area contributed by atoms with Crippen LogP contribution in [0.1, 0.15) is 20.9 Å². The average Bonchev–Trinajstić information content (AvgIpc) is 3.15. The molecule has 3 rings (SSSR count). The molecule has 1 N–H and O–H groups in total. The predicted octanol–water partition coefficient (Wildman–Crippen LogP) is 4.65. The van der Waals surface area contributed by atoms with E-state index in [1.165, 1.54) is 42.3 Å². The Hall–Kier alpha value is -2.86. The molecule has 6 heteroatoms. The first-order valence-electron chi connectivity index (χ1n) is 7.48. The Labute approximate surface area is 148 Å². The van der Waals surface area contributed by atoms with Gasteiger partial charge in [0.1, 0.15) is 5.82 Å². The molecule has 1 heterocycles. The molecule has 0 aliphatic rings. The molecule has 0 aliphatic carbocycles. The molecule has 0 saturated heterocycles. The van der Waals surface area contributed by atoms with Crippen LogP contribution in [0.5, 0.6) is 0 Å². The third-order valence-electron chi connectivity index (χ3n) is 3.37. The number of rotatable bonds is 6. The minimum Gasteiger partial charge on any atom is -0.459 e. The maximum atomic E-state index is 12.9. The molecule has 126 valence electrons. The summed E-state index contributed by atoms with van der Waals surface area (Å²) >= 11 is 1.35. The van der Waals surface area contributed by atoms with Gasteiger partial charge in [-0.2, -0.15) is 0 Å². The highest BCUT2D eigenvalue weighted by Gasteiger charge is 2.10. The second-order valence-electron chi connectivity index (χ2n) is 5.18. The number of furan rings is 1. The largest absolute Gasteiger partial charge is 0.459 e. The van der Waals surface area contributed by atoms with Gasteiger partial charge in [-0.1, -0.05) is 6.07 Å². The van der Waals surface area contributed by atoms with E-state index in [4.69, 9.17) is 4.42 Å². The van der Waals surface area contributed by atoms with Crippen LogP contribution in [-0.4, -0.2) is 17.4 Å². The summed E-state index contributed by atoms with van der Waals surface area (Å²) in [6, 6.07) is 15.9. The molecule has 1 amide bonds. The van der Waals surface area contributed by atoms with Crippen LogP contribution in [0.2, 0.25) is 0 Å². The van der Waals surface area contributed by atoms with Gasteiger partial charge >= 0.3 is 0 Å². The molecule has 3 aromatic rings. The average molecular weight is 355 g/mol. The SMILES string of the molecule is O=C(CSc1cccc(NC(=O)c2ccco2)c1)c1ccc(F)cc1. The van der Waals surface area contributed by atoms with E-state index < -0.39 is 0 Å². The number of benzene rings is 2. The van der Waals surface area contributed by atoms with Gasteiger partial charge in [0.2, 0.25) is 0 Å². The second-order valence-corrected chi connectivity index (χ2v) is 6.23. The fraction of sp³-hybridized carbons (Fsp3) is 0.0526. The number of anilines is 1. The second kappa shape index (κ2) is 7.81. The fourth-order valence-electron chi connectivity index (χ4n) is 2.13. The van der Waals surface area contributed by atoms with E-state index in [9.17, 15) is 14.0 Å². The number of nitrogens with one attached hydrogen (secondary N) is 1. The minimum atomic E-state index is -0.371. The third kappa shape index (κ3) is 4.58. The van der Waals surface area contributed by atoms with Crippen molar-refractivity contribution in [3.8, 4) is 0 Å². The Bertz CT molecular complexity index is 876. The molecule has 0 aliphatic heterocycles. The zero-order valence-corrected chi connectivity index (χ0v) is 13.9. The van der Waals surface area contributed by atoms with Crippen LogP contribution in [0.15, 0.2) is 76.2 Å². The number of hydrogen-bond acceptors (Lipinski definition) is 4. The normalized spacial score (nSPS) is 10.4. The Morgan fingerprint density at radius 2 is 1.84 bits per heavy atom. The molecule has 0 spiro atoms. The van der Waals surface area contributed by atoms with E-state index in [2.05, 4.69) is 5.32 Å². The number of carbonyl (C=O) groups excluding carboxylic acids is 2. The number of thioether (sulfide) groups is 1. The van der Waals surface area contributed by atoms with E-state index >= 15 is 0 Å². The lowest BCUT2D eigenvalue weighted by Gasteiger charge is -2.06. The van der Waals surface area contributed by atoms with Gasteiger partial charge in [-0.15, -0.1) is 11.8 Å². The predicted molar refractivity (Wildman–Crippen MR) is 94.6 cm³/mol. The molecule has 2 aromatic carbocycles. The third-order valence-corrected chi connectivity index (χ3v) is 4.37. The molecule has 0 bridgehead atoms. The van der Waals surface area contributed by atoms with Gasteiger partial charge in [0, 0.05) is 16.1 Å². The molecular formula is C19H14FNO3S. The Balaban J connectivity index is 1.60. The van der Waals surface area contributed by atoms with Crippen molar-refractivity contribution in [3.05, 3.63) is 84.1 Å². The lowest BCUT2D eigenvalue weighted by atomic mass is 10.1. The summed E-state index contributed by atoms with van der Waals surface area (Å²) < 4.78 is 17.9. The van der Waals surface area contributed by atoms with Crippen molar-refractivity contribution < 1.29 is 18.4 Å². The van der Waals surface area contributed by atoms with Gasteiger partial charge < -0.3 is 9.73 Å². The van der Waals surface area contributed by atoms with E-state index in [1.54, 1.807) is 30.3 Å². The van der Waals surface area contributed by atoms with Crippen LogP contribution >= 0.6 is 11.8 Å². The van der Waals surface area contributed by atoms with Crippen molar-refractivity contribution in [2.24, 2.45) is 0 Å². The van der Waals surface area contributed by atoms with Crippen molar-refractivity contribution in [1.82, 2.24) is 0 Å². The molecule has 0 saturated carbocycles.